The number of amides is 2. The molecule has 0 saturated heterocycles. The molecule has 1 atom stereocenters. The van der Waals surface area contributed by atoms with E-state index >= 15 is 0 Å². The molecule has 1 saturated carbocycles. The van der Waals surface area contributed by atoms with Crippen molar-refractivity contribution in [1.29, 1.82) is 0 Å². The molecule has 0 radical (unpaired) electrons. The van der Waals surface area contributed by atoms with Gasteiger partial charge in [0.1, 0.15) is 0 Å². The third-order valence-corrected chi connectivity index (χ3v) is 5.09. The second-order valence-corrected chi connectivity index (χ2v) is 7.53. The summed E-state index contributed by atoms with van der Waals surface area (Å²) >= 11 is 6.05. The number of Topliss-reactive ketones (excluding diaryl/α,β-unsaturated/α-hetero) is 1. The molecule has 2 amide bonds. The second kappa shape index (κ2) is 7.58. The van der Waals surface area contributed by atoms with Crippen LogP contribution in [-0.2, 0) is 9.59 Å². The fraction of sp³-hybridized carbons (Fsp3) is 0.474. The molecule has 6 nitrogen and oxygen atoms in total. The number of anilines is 1. The van der Waals surface area contributed by atoms with Gasteiger partial charge in [-0.2, -0.15) is 5.10 Å². The SMILES string of the molecule is CC(C)=NNC(=O)C1C(=O)c2cc(Cl)ccc2N(CC2CCCC2)C1=O. The van der Waals surface area contributed by atoms with Gasteiger partial charge in [0.25, 0.3) is 5.91 Å². The molecule has 7 heteroatoms. The van der Waals surface area contributed by atoms with Crippen LogP contribution in [0.5, 0.6) is 0 Å². The molecule has 26 heavy (non-hydrogen) atoms. The van der Waals surface area contributed by atoms with Crippen molar-refractivity contribution in [1.82, 2.24) is 5.43 Å². The molecule has 1 aromatic rings. The van der Waals surface area contributed by atoms with Crippen LogP contribution >= 0.6 is 11.6 Å². The first-order chi connectivity index (χ1) is 12.4. The normalized spacial score (nSPS) is 20.1. The van der Waals surface area contributed by atoms with Crippen molar-refractivity contribution < 1.29 is 14.4 Å². The van der Waals surface area contributed by atoms with E-state index in [1.54, 1.807) is 30.9 Å². The zero-order valence-corrected chi connectivity index (χ0v) is 15.7. The highest BCUT2D eigenvalue weighted by molar-refractivity contribution is 6.34. The number of nitrogens with one attached hydrogen (secondary N) is 1. The smallest absolute Gasteiger partial charge is 0.260 e. The van der Waals surface area contributed by atoms with Crippen molar-refractivity contribution in [3.05, 3.63) is 28.8 Å². The Morgan fingerprint density at radius 3 is 2.62 bits per heavy atom. The fourth-order valence-corrected chi connectivity index (χ4v) is 3.76. The summed E-state index contributed by atoms with van der Waals surface area (Å²) in [6.45, 7) is 3.94. The Morgan fingerprint density at radius 2 is 1.96 bits per heavy atom. The monoisotopic (exact) mass is 375 g/mol. The standard InChI is InChI=1S/C19H22ClN3O3/c1-11(2)21-22-18(25)16-17(24)14-9-13(20)7-8-15(14)23(19(16)26)10-12-5-3-4-6-12/h7-9,12,16H,3-6,10H2,1-2H3,(H,22,25). The molecule has 1 fully saturated rings. The molecule has 1 aliphatic heterocycles. The first-order valence-corrected chi connectivity index (χ1v) is 9.22. The number of fused-ring (bicyclic) bond motifs is 1. The molecule has 0 aromatic heterocycles. The molecule has 2 aliphatic rings. The minimum absolute atomic E-state index is 0.312. The van der Waals surface area contributed by atoms with Crippen LogP contribution < -0.4 is 10.3 Å². The Labute approximate surface area is 157 Å². The lowest BCUT2D eigenvalue weighted by Crippen LogP contribution is -2.51. The van der Waals surface area contributed by atoms with Crippen molar-refractivity contribution in [2.45, 2.75) is 39.5 Å². The number of hydrogen-bond donors (Lipinski definition) is 1. The molecule has 0 spiro atoms. The molecule has 3 rings (SSSR count). The molecule has 0 bridgehead atoms. The Kier molecular flexibility index (Phi) is 5.41. The van der Waals surface area contributed by atoms with Crippen molar-refractivity contribution in [2.75, 3.05) is 11.4 Å². The summed E-state index contributed by atoms with van der Waals surface area (Å²) in [7, 11) is 0. The predicted molar refractivity (Wildman–Crippen MR) is 101 cm³/mol. The van der Waals surface area contributed by atoms with E-state index in [9.17, 15) is 14.4 Å². The topological polar surface area (TPSA) is 78.8 Å². The zero-order valence-electron chi connectivity index (χ0n) is 14.9. The lowest BCUT2D eigenvalue weighted by atomic mass is 9.88. The Hall–Kier alpha value is -2.21. The Morgan fingerprint density at radius 1 is 1.27 bits per heavy atom. The van der Waals surface area contributed by atoms with Crippen LogP contribution in [0.15, 0.2) is 23.3 Å². The molecular weight excluding hydrogens is 354 g/mol. The fourth-order valence-electron chi connectivity index (χ4n) is 3.59. The zero-order chi connectivity index (χ0) is 18.8. The van der Waals surface area contributed by atoms with Crippen LogP contribution in [0.1, 0.15) is 49.9 Å². The molecule has 138 valence electrons. The molecule has 1 aliphatic carbocycles. The summed E-state index contributed by atoms with van der Waals surface area (Å²) in [6, 6.07) is 4.88. The van der Waals surface area contributed by atoms with Gasteiger partial charge in [0.2, 0.25) is 5.91 Å². The number of carbonyl (C=O) groups is 3. The van der Waals surface area contributed by atoms with Crippen LogP contribution in [0.25, 0.3) is 0 Å². The third-order valence-electron chi connectivity index (χ3n) is 4.86. The van der Waals surface area contributed by atoms with Crippen molar-refractivity contribution in [3.63, 3.8) is 0 Å². The summed E-state index contributed by atoms with van der Waals surface area (Å²) in [5.41, 5.74) is 3.80. The number of hydrogen-bond acceptors (Lipinski definition) is 4. The van der Waals surface area contributed by atoms with Gasteiger partial charge in [-0.15, -0.1) is 0 Å². The van der Waals surface area contributed by atoms with Crippen molar-refractivity contribution in [3.8, 4) is 0 Å². The maximum Gasteiger partial charge on any atom is 0.260 e. The van der Waals surface area contributed by atoms with Crippen LogP contribution in [0.2, 0.25) is 5.02 Å². The lowest BCUT2D eigenvalue weighted by Gasteiger charge is -2.34. The number of carbonyl (C=O) groups excluding carboxylic acids is 3. The van der Waals surface area contributed by atoms with Gasteiger partial charge < -0.3 is 4.90 Å². The van der Waals surface area contributed by atoms with E-state index in [0.717, 1.165) is 25.7 Å². The van der Waals surface area contributed by atoms with Gasteiger partial charge in [-0.1, -0.05) is 24.4 Å². The van der Waals surface area contributed by atoms with E-state index in [1.165, 1.54) is 6.07 Å². The molecule has 1 heterocycles. The molecule has 1 N–H and O–H groups in total. The lowest BCUT2D eigenvalue weighted by molar-refractivity contribution is -0.132. The maximum atomic E-state index is 13.0. The highest BCUT2D eigenvalue weighted by Crippen LogP contribution is 2.35. The van der Waals surface area contributed by atoms with Crippen molar-refractivity contribution >= 4 is 40.6 Å². The van der Waals surface area contributed by atoms with Crippen LogP contribution in [0, 0.1) is 11.8 Å². The summed E-state index contributed by atoms with van der Waals surface area (Å²) in [5.74, 6) is -2.76. The number of benzene rings is 1. The number of ketones is 1. The maximum absolute atomic E-state index is 13.0. The summed E-state index contributed by atoms with van der Waals surface area (Å²) in [4.78, 5) is 39.9. The van der Waals surface area contributed by atoms with Crippen LogP contribution in [-0.4, -0.2) is 29.9 Å². The first kappa shape index (κ1) is 18.6. The third kappa shape index (κ3) is 3.65. The molecular formula is C19H22ClN3O3. The van der Waals surface area contributed by atoms with Crippen LogP contribution in [0.4, 0.5) is 5.69 Å². The minimum Gasteiger partial charge on any atom is -0.310 e. The summed E-state index contributed by atoms with van der Waals surface area (Å²) in [6.07, 6.45) is 4.40. The van der Waals surface area contributed by atoms with Gasteiger partial charge in [0, 0.05) is 22.8 Å². The van der Waals surface area contributed by atoms with Gasteiger partial charge >= 0.3 is 0 Å². The van der Waals surface area contributed by atoms with E-state index in [4.69, 9.17) is 11.6 Å². The van der Waals surface area contributed by atoms with E-state index in [0.29, 0.717) is 34.4 Å². The summed E-state index contributed by atoms with van der Waals surface area (Å²) in [5, 5.41) is 4.24. The Bertz CT molecular complexity index is 780. The average Bonchev–Trinajstić information content (AvgIpc) is 3.10. The second-order valence-electron chi connectivity index (χ2n) is 7.09. The largest absolute Gasteiger partial charge is 0.310 e. The van der Waals surface area contributed by atoms with Gasteiger partial charge in [-0.05, 0) is 50.8 Å². The minimum atomic E-state index is -1.43. The van der Waals surface area contributed by atoms with Gasteiger partial charge in [0.05, 0.1) is 5.69 Å². The molecule has 1 aromatic carbocycles. The van der Waals surface area contributed by atoms with E-state index in [2.05, 4.69) is 10.5 Å². The predicted octanol–water partition coefficient (Wildman–Crippen LogP) is 3.19. The first-order valence-electron chi connectivity index (χ1n) is 8.84. The molecule has 1 unspecified atom stereocenters. The van der Waals surface area contributed by atoms with E-state index in [1.807, 2.05) is 0 Å². The van der Waals surface area contributed by atoms with Crippen molar-refractivity contribution in [2.24, 2.45) is 16.9 Å². The van der Waals surface area contributed by atoms with E-state index < -0.39 is 23.5 Å². The summed E-state index contributed by atoms with van der Waals surface area (Å²) < 4.78 is 0. The number of hydrazone groups is 1. The van der Waals surface area contributed by atoms with Gasteiger partial charge in [-0.25, -0.2) is 5.43 Å². The quantitative estimate of drug-likeness (QED) is 0.498. The highest BCUT2D eigenvalue weighted by atomic mass is 35.5. The highest BCUT2D eigenvalue weighted by Gasteiger charge is 2.44. The van der Waals surface area contributed by atoms with Gasteiger partial charge in [0.15, 0.2) is 11.7 Å². The number of halogens is 1. The Balaban J connectivity index is 1.97. The van der Waals surface area contributed by atoms with E-state index in [-0.39, 0.29) is 0 Å². The number of nitrogens with zero attached hydrogens (tertiary/aromatic N) is 2. The average molecular weight is 376 g/mol. The number of rotatable bonds is 4. The van der Waals surface area contributed by atoms with Crippen LogP contribution in [0.3, 0.4) is 0 Å². The van der Waals surface area contributed by atoms with Gasteiger partial charge in [-0.3, -0.25) is 14.4 Å².